The summed E-state index contributed by atoms with van der Waals surface area (Å²) in [6.45, 7) is 2.70. The molecule has 130 valence electrons. The quantitative estimate of drug-likeness (QED) is 0.729. The van der Waals surface area contributed by atoms with Crippen LogP contribution in [0.3, 0.4) is 0 Å². The number of nitrogens with zero attached hydrogens (tertiary/aromatic N) is 1. The van der Waals surface area contributed by atoms with Gasteiger partial charge in [-0.05, 0) is 17.5 Å². The topological polar surface area (TPSA) is 46.6 Å². The Morgan fingerprint density at radius 1 is 1.00 bits per heavy atom. The summed E-state index contributed by atoms with van der Waals surface area (Å²) in [6.07, 6.45) is 2.06. The fourth-order valence-corrected chi connectivity index (χ4v) is 3.64. The van der Waals surface area contributed by atoms with Crippen LogP contribution in [0.25, 0.3) is 0 Å². The van der Waals surface area contributed by atoms with Gasteiger partial charge in [0.2, 0.25) is 0 Å². The Labute approximate surface area is 148 Å². The van der Waals surface area contributed by atoms with Crippen LogP contribution in [0.1, 0.15) is 17.5 Å². The van der Waals surface area contributed by atoms with E-state index in [2.05, 4.69) is 17.0 Å². The molecule has 0 bridgehead atoms. The van der Waals surface area contributed by atoms with Crippen LogP contribution < -0.4 is 0 Å². The van der Waals surface area contributed by atoms with Crippen molar-refractivity contribution in [2.24, 2.45) is 5.92 Å². The first-order chi connectivity index (χ1) is 12.3. The summed E-state index contributed by atoms with van der Waals surface area (Å²) in [5.74, 6) is -0.0601. The maximum Gasteiger partial charge on any atom is 0.294 e. The van der Waals surface area contributed by atoms with E-state index in [9.17, 15) is 9.59 Å². The molecule has 0 aliphatic carbocycles. The van der Waals surface area contributed by atoms with Crippen LogP contribution in [-0.4, -0.2) is 36.3 Å². The van der Waals surface area contributed by atoms with Crippen LogP contribution in [0.4, 0.5) is 0 Å². The first-order valence-corrected chi connectivity index (χ1v) is 8.64. The van der Waals surface area contributed by atoms with Crippen molar-refractivity contribution in [1.82, 2.24) is 4.90 Å². The van der Waals surface area contributed by atoms with Crippen molar-refractivity contribution >= 4 is 12.8 Å². The molecule has 1 aliphatic heterocycles. The minimum absolute atomic E-state index is 0.0601. The highest BCUT2D eigenvalue weighted by Gasteiger charge is 2.45. The summed E-state index contributed by atoms with van der Waals surface area (Å²) in [5.41, 5.74) is 1.37. The van der Waals surface area contributed by atoms with Crippen molar-refractivity contribution in [1.29, 1.82) is 0 Å². The standard InChI is InChI=1S/C21H23NO3/c23-16-21(25-17-24)11-12-22(14-19-9-5-2-6-10-19)15-20(21)13-18-7-3-1-4-8-18/h1-10,16-17,20H,11-15H2. The first-order valence-electron chi connectivity index (χ1n) is 8.64. The van der Waals surface area contributed by atoms with Gasteiger partial charge in [0.1, 0.15) is 0 Å². The fourth-order valence-electron chi connectivity index (χ4n) is 3.64. The molecule has 2 unspecified atom stereocenters. The molecule has 1 fully saturated rings. The average Bonchev–Trinajstić information content (AvgIpc) is 2.66. The maximum absolute atomic E-state index is 11.8. The van der Waals surface area contributed by atoms with Gasteiger partial charge in [-0.3, -0.25) is 14.5 Å². The van der Waals surface area contributed by atoms with Crippen molar-refractivity contribution in [3.8, 4) is 0 Å². The molecular formula is C21H23NO3. The van der Waals surface area contributed by atoms with Gasteiger partial charge in [0, 0.05) is 32.0 Å². The third-order valence-corrected chi connectivity index (χ3v) is 5.03. The summed E-state index contributed by atoms with van der Waals surface area (Å²) >= 11 is 0. The molecule has 1 saturated heterocycles. The van der Waals surface area contributed by atoms with E-state index >= 15 is 0 Å². The van der Waals surface area contributed by atoms with Gasteiger partial charge in [0.05, 0.1) is 0 Å². The number of likely N-dealkylation sites (tertiary alicyclic amines) is 1. The maximum atomic E-state index is 11.8. The minimum atomic E-state index is -1.02. The van der Waals surface area contributed by atoms with Gasteiger partial charge in [0.25, 0.3) is 6.47 Å². The van der Waals surface area contributed by atoms with Gasteiger partial charge in [-0.25, -0.2) is 0 Å². The third-order valence-electron chi connectivity index (χ3n) is 5.03. The van der Waals surface area contributed by atoms with E-state index in [0.717, 1.165) is 31.5 Å². The molecule has 0 N–H and O–H groups in total. The second-order valence-electron chi connectivity index (χ2n) is 6.64. The number of hydrogen-bond donors (Lipinski definition) is 0. The zero-order valence-corrected chi connectivity index (χ0v) is 14.2. The summed E-state index contributed by atoms with van der Waals surface area (Å²) in [7, 11) is 0. The summed E-state index contributed by atoms with van der Waals surface area (Å²) in [4.78, 5) is 25.2. The molecule has 2 atom stereocenters. The average molecular weight is 337 g/mol. The molecule has 0 aromatic heterocycles. The Balaban J connectivity index is 1.78. The Kier molecular flexibility index (Phi) is 5.61. The lowest BCUT2D eigenvalue weighted by Crippen LogP contribution is -2.54. The van der Waals surface area contributed by atoms with Crippen molar-refractivity contribution in [2.75, 3.05) is 13.1 Å². The molecule has 0 saturated carbocycles. The van der Waals surface area contributed by atoms with Gasteiger partial charge in [-0.2, -0.15) is 0 Å². The van der Waals surface area contributed by atoms with E-state index in [0.29, 0.717) is 19.3 Å². The molecule has 1 heterocycles. The van der Waals surface area contributed by atoms with Crippen LogP contribution in [0.5, 0.6) is 0 Å². The van der Waals surface area contributed by atoms with E-state index in [1.807, 2.05) is 48.5 Å². The van der Waals surface area contributed by atoms with Crippen molar-refractivity contribution in [2.45, 2.75) is 25.0 Å². The highest BCUT2D eigenvalue weighted by molar-refractivity contribution is 5.66. The summed E-state index contributed by atoms with van der Waals surface area (Å²) in [5, 5.41) is 0. The number of piperidine rings is 1. The second-order valence-corrected chi connectivity index (χ2v) is 6.64. The zero-order chi connectivity index (χ0) is 17.5. The van der Waals surface area contributed by atoms with Crippen LogP contribution >= 0.6 is 0 Å². The number of aldehydes is 1. The molecule has 4 heteroatoms. The van der Waals surface area contributed by atoms with Crippen LogP contribution in [-0.2, 0) is 27.3 Å². The fraction of sp³-hybridized carbons (Fsp3) is 0.333. The van der Waals surface area contributed by atoms with E-state index < -0.39 is 5.60 Å². The van der Waals surface area contributed by atoms with E-state index in [1.165, 1.54) is 5.56 Å². The Hall–Kier alpha value is -2.46. The molecule has 4 nitrogen and oxygen atoms in total. The van der Waals surface area contributed by atoms with Crippen LogP contribution in [0, 0.1) is 5.92 Å². The Morgan fingerprint density at radius 2 is 1.64 bits per heavy atom. The minimum Gasteiger partial charge on any atom is -0.453 e. The van der Waals surface area contributed by atoms with E-state index in [1.54, 1.807) is 0 Å². The molecule has 2 aromatic carbocycles. The summed E-state index contributed by atoms with van der Waals surface area (Å²) < 4.78 is 5.33. The lowest BCUT2D eigenvalue weighted by molar-refractivity contribution is -0.163. The normalized spacial score (nSPS) is 23.8. The highest BCUT2D eigenvalue weighted by atomic mass is 16.5. The third kappa shape index (κ3) is 4.15. The smallest absolute Gasteiger partial charge is 0.294 e. The molecule has 1 aliphatic rings. The second kappa shape index (κ2) is 8.08. The van der Waals surface area contributed by atoms with Gasteiger partial charge >= 0.3 is 0 Å². The molecule has 3 rings (SSSR count). The number of hydrogen-bond acceptors (Lipinski definition) is 4. The number of carbonyl (C=O) groups excluding carboxylic acids is 2. The van der Waals surface area contributed by atoms with Gasteiger partial charge in [-0.15, -0.1) is 0 Å². The molecule has 0 radical (unpaired) electrons. The zero-order valence-electron chi connectivity index (χ0n) is 14.2. The largest absolute Gasteiger partial charge is 0.453 e. The van der Waals surface area contributed by atoms with E-state index in [4.69, 9.17) is 4.74 Å². The highest BCUT2D eigenvalue weighted by Crippen LogP contribution is 2.33. The first kappa shape index (κ1) is 17.4. The number of carbonyl (C=O) groups is 2. The molecular weight excluding hydrogens is 314 g/mol. The predicted molar refractivity (Wildman–Crippen MR) is 95.9 cm³/mol. The molecule has 2 aromatic rings. The van der Waals surface area contributed by atoms with Crippen molar-refractivity contribution in [3.05, 3.63) is 71.8 Å². The van der Waals surface area contributed by atoms with Crippen molar-refractivity contribution < 1.29 is 14.3 Å². The van der Waals surface area contributed by atoms with Gasteiger partial charge in [-0.1, -0.05) is 60.7 Å². The number of benzene rings is 2. The molecule has 0 spiro atoms. The predicted octanol–water partition coefficient (Wildman–Crippen LogP) is 2.86. The lowest BCUT2D eigenvalue weighted by atomic mass is 9.78. The Morgan fingerprint density at radius 3 is 2.24 bits per heavy atom. The number of ether oxygens (including phenoxy) is 1. The summed E-state index contributed by atoms with van der Waals surface area (Å²) in [6, 6.07) is 20.3. The van der Waals surface area contributed by atoms with E-state index in [-0.39, 0.29) is 5.92 Å². The van der Waals surface area contributed by atoms with Crippen LogP contribution in [0.2, 0.25) is 0 Å². The lowest BCUT2D eigenvalue weighted by Gasteiger charge is -2.43. The molecule has 0 amide bonds. The SMILES string of the molecule is O=COC1(C=O)CCN(Cc2ccccc2)CC1Cc1ccccc1. The van der Waals surface area contributed by atoms with Gasteiger partial charge < -0.3 is 4.74 Å². The monoisotopic (exact) mass is 337 g/mol. The number of rotatable bonds is 7. The molecule has 25 heavy (non-hydrogen) atoms. The van der Waals surface area contributed by atoms with Crippen LogP contribution in [0.15, 0.2) is 60.7 Å². The van der Waals surface area contributed by atoms with Crippen molar-refractivity contribution in [3.63, 3.8) is 0 Å². The van der Waals surface area contributed by atoms with Gasteiger partial charge in [0.15, 0.2) is 11.9 Å². The Bertz CT molecular complexity index is 689.